The Morgan fingerprint density at radius 3 is 2.39 bits per heavy atom. The van der Waals surface area contributed by atoms with Gasteiger partial charge in [-0.05, 0) is 62.1 Å². The topological polar surface area (TPSA) is 94.0 Å². The molecule has 7 nitrogen and oxygen atoms in total. The molecule has 2 aliphatic carbocycles. The first-order chi connectivity index (χ1) is 15.1. The molecule has 166 valence electrons. The van der Waals surface area contributed by atoms with Gasteiger partial charge in [0.05, 0.1) is 11.8 Å². The maximum atomic E-state index is 12.7. The normalized spacial score (nSPS) is 26.6. The van der Waals surface area contributed by atoms with E-state index in [1.165, 1.54) is 10.5 Å². The van der Waals surface area contributed by atoms with Crippen LogP contribution in [0.1, 0.15) is 31.7 Å². The predicted molar refractivity (Wildman–Crippen MR) is 119 cm³/mol. The van der Waals surface area contributed by atoms with Gasteiger partial charge in [-0.3, -0.25) is 19.5 Å². The van der Waals surface area contributed by atoms with E-state index in [9.17, 15) is 14.7 Å². The number of imide groups is 1. The van der Waals surface area contributed by atoms with Crippen LogP contribution in [-0.2, 0) is 16.0 Å². The van der Waals surface area contributed by atoms with Crippen LogP contribution < -0.4 is 10.6 Å². The standard InChI is InChI=1S/C24H32N4O3/c1-2-25-24(26-12-3-5-16-6-10-19(29)11-7-16)27-13-4-14-28-22(30)20-17-8-9-18(15-17)21(20)23(28)31/h6-11,17-18,20-21,29H,2-5,12-15H2,1H3,(H2,25,26,27). The number of amides is 2. The highest BCUT2D eigenvalue weighted by molar-refractivity contribution is 6.06. The third-order valence-electron chi connectivity index (χ3n) is 6.59. The quantitative estimate of drug-likeness (QED) is 0.186. The number of hydrogen-bond donors (Lipinski definition) is 3. The molecule has 1 saturated heterocycles. The summed E-state index contributed by atoms with van der Waals surface area (Å²) in [6, 6.07) is 7.29. The lowest BCUT2D eigenvalue weighted by Gasteiger charge is -2.17. The first-order valence-corrected chi connectivity index (χ1v) is 11.4. The van der Waals surface area contributed by atoms with Gasteiger partial charge in [0.25, 0.3) is 0 Å². The molecule has 1 aromatic carbocycles. The number of guanidine groups is 1. The van der Waals surface area contributed by atoms with Crippen LogP contribution in [0.5, 0.6) is 5.75 Å². The number of phenols is 1. The molecule has 2 bridgehead atoms. The Morgan fingerprint density at radius 1 is 1.06 bits per heavy atom. The number of rotatable bonds is 9. The molecular weight excluding hydrogens is 392 g/mol. The monoisotopic (exact) mass is 424 g/mol. The summed E-state index contributed by atoms with van der Waals surface area (Å²) in [7, 11) is 0. The van der Waals surface area contributed by atoms with Gasteiger partial charge in [-0.25, -0.2) is 0 Å². The molecule has 1 heterocycles. The first kappa shape index (κ1) is 21.4. The second-order valence-corrected chi connectivity index (χ2v) is 8.64. The summed E-state index contributed by atoms with van der Waals surface area (Å²) < 4.78 is 0. The van der Waals surface area contributed by atoms with Crippen molar-refractivity contribution in [3.8, 4) is 5.75 Å². The van der Waals surface area contributed by atoms with Crippen LogP contribution in [0.15, 0.2) is 41.4 Å². The van der Waals surface area contributed by atoms with E-state index in [2.05, 4.69) is 27.8 Å². The zero-order chi connectivity index (χ0) is 21.8. The molecule has 1 aromatic rings. The van der Waals surface area contributed by atoms with Crippen molar-refractivity contribution in [3.63, 3.8) is 0 Å². The number of aromatic hydroxyl groups is 1. The minimum Gasteiger partial charge on any atom is -0.508 e. The molecule has 2 fully saturated rings. The van der Waals surface area contributed by atoms with Crippen molar-refractivity contribution in [2.24, 2.45) is 28.7 Å². The van der Waals surface area contributed by atoms with Crippen LogP contribution in [-0.4, -0.2) is 54.0 Å². The lowest BCUT2D eigenvalue weighted by atomic mass is 9.85. The van der Waals surface area contributed by atoms with Crippen LogP contribution in [0.3, 0.4) is 0 Å². The summed E-state index contributed by atoms with van der Waals surface area (Å²) in [5, 5.41) is 15.9. The minimum atomic E-state index is -0.112. The Hall–Kier alpha value is -2.83. The van der Waals surface area contributed by atoms with Crippen molar-refractivity contribution in [3.05, 3.63) is 42.0 Å². The average molecular weight is 425 g/mol. The van der Waals surface area contributed by atoms with Crippen LogP contribution in [0.4, 0.5) is 0 Å². The number of carbonyl (C=O) groups is 2. The molecule has 1 aliphatic heterocycles. The molecule has 4 atom stereocenters. The summed E-state index contributed by atoms with van der Waals surface area (Å²) in [6.07, 6.45) is 7.76. The summed E-state index contributed by atoms with van der Waals surface area (Å²) in [4.78, 5) is 31.5. The molecule has 1 saturated carbocycles. The van der Waals surface area contributed by atoms with Crippen LogP contribution in [0.2, 0.25) is 0 Å². The van der Waals surface area contributed by atoms with E-state index < -0.39 is 0 Å². The lowest BCUT2D eigenvalue weighted by molar-refractivity contribution is -0.140. The number of aryl methyl sites for hydroxylation is 1. The van der Waals surface area contributed by atoms with Crippen molar-refractivity contribution in [1.82, 2.24) is 15.5 Å². The van der Waals surface area contributed by atoms with Crippen molar-refractivity contribution in [2.75, 3.05) is 26.2 Å². The van der Waals surface area contributed by atoms with Gasteiger partial charge in [0.2, 0.25) is 11.8 Å². The van der Waals surface area contributed by atoms with E-state index >= 15 is 0 Å². The third-order valence-corrected chi connectivity index (χ3v) is 6.59. The minimum absolute atomic E-state index is 0.0232. The molecular formula is C24H32N4O3. The van der Waals surface area contributed by atoms with Gasteiger partial charge in [0.1, 0.15) is 5.75 Å². The number of benzene rings is 1. The molecule has 4 rings (SSSR count). The average Bonchev–Trinajstić information content (AvgIpc) is 3.44. The Bertz CT molecular complexity index is 834. The largest absolute Gasteiger partial charge is 0.508 e. The number of aliphatic imine (C=N–C) groups is 1. The summed E-state index contributed by atoms with van der Waals surface area (Å²) in [5.41, 5.74) is 1.19. The van der Waals surface area contributed by atoms with Crippen LogP contribution in [0, 0.1) is 23.7 Å². The third kappa shape index (κ3) is 4.60. The van der Waals surface area contributed by atoms with Gasteiger partial charge in [-0.1, -0.05) is 24.3 Å². The highest BCUT2D eigenvalue weighted by Gasteiger charge is 2.58. The number of nitrogens with one attached hydrogen (secondary N) is 2. The SMILES string of the molecule is CCNC(=NCCCN1C(=O)C2C3C=CC(C3)C2C1=O)NCCCc1ccc(O)cc1. The highest BCUT2D eigenvalue weighted by Crippen LogP contribution is 2.52. The van der Waals surface area contributed by atoms with Crippen molar-refractivity contribution < 1.29 is 14.7 Å². The smallest absolute Gasteiger partial charge is 0.233 e. The second kappa shape index (κ2) is 9.54. The van der Waals surface area contributed by atoms with E-state index in [-0.39, 0.29) is 41.2 Å². The summed E-state index contributed by atoms with van der Waals surface area (Å²) in [6.45, 7) is 4.59. The van der Waals surface area contributed by atoms with E-state index in [4.69, 9.17) is 0 Å². The van der Waals surface area contributed by atoms with Gasteiger partial charge >= 0.3 is 0 Å². The van der Waals surface area contributed by atoms with E-state index in [0.29, 0.717) is 19.5 Å². The molecule has 4 unspecified atom stereocenters. The number of phenolic OH excluding ortho intramolecular Hbond substituents is 1. The van der Waals surface area contributed by atoms with Crippen molar-refractivity contribution in [2.45, 2.75) is 32.6 Å². The van der Waals surface area contributed by atoms with E-state index in [1.807, 2.05) is 19.1 Å². The van der Waals surface area contributed by atoms with Crippen molar-refractivity contribution >= 4 is 17.8 Å². The number of fused-ring (bicyclic) bond motifs is 5. The van der Waals surface area contributed by atoms with Crippen LogP contribution >= 0.6 is 0 Å². The Balaban J connectivity index is 1.20. The summed E-state index contributed by atoms with van der Waals surface area (Å²) in [5.74, 6) is 1.39. The predicted octanol–water partition coefficient (Wildman–Crippen LogP) is 2.08. The molecule has 3 aliphatic rings. The first-order valence-electron chi connectivity index (χ1n) is 11.4. The number of hydrogen-bond acceptors (Lipinski definition) is 4. The van der Waals surface area contributed by atoms with Crippen molar-refractivity contribution in [1.29, 1.82) is 0 Å². The fourth-order valence-corrected chi connectivity index (χ4v) is 5.11. The van der Waals surface area contributed by atoms with Gasteiger partial charge in [0, 0.05) is 26.2 Å². The van der Waals surface area contributed by atoms with Gasteiger partial charge < -0.3 is 15.7 Å². The number of likely N-dealkylation sites (tertiary alicyclic amines) is 1. The lowest BCUT2D eigenvalue weighted by Crippen LogP contribution is -2.38. The maximum absolute atomic E-state index is 12.7. The molecule has 0 aromatic heterocycles. The Labute approximate surface area is 183 Å². The summed E-state index contributed by atoms with van der Waals surface area (Å²) >= 11 is 0. The fourth-order valence-electron chi connectivity index (χ4n) is 5.11. The molecule has 31 heavy (non-hydrogen) atoms. The Kier molecular flexibility index (Phi) is 6.59. The van der Waals surface area contributed by atoms with Gasteiger partial charge in [-0.15, -0.1) is 0 Å². The molecule has 0 spiro atoms. The fraction of sp³-hybridized carbons (Fsp3) is 0.542. The number of allylic oxidation sites excluding steroid dienone is 2. The molecule has 2 amide bonds. The zero-order valence-corrected chi connectivity index (χ0v) is 18.1. The zero-order valence-electron chi connectivity index (χ0n) is 18.1. The molecule has 0 radical (unpaired) electrons. The van der Waals surface area contributed by atoms with Gasteiger partial charge in [0.15, 0.2) is 5.96 Å². The highest BCUT2D eigenvalue weighted by atomic mass is 16.3. The van der Waals surface area contributed by atoms with Crippen LogP contribution in [0.25, 0.3) is 0 Å². The van der Waals surface area contributed by atoms with Gasteiger partial charge in [-0.2, -0.15) is 0 Å². The second-order valence-electron chi connectivity index (χ2n) is 8.64. The molecule has 7 heteroatoms. The van der Waals surface area contributed by atoms with E-state index in [0.717, 1.165) is 38.3 Å². The molecule has 3 N–H and O–H groups in total. The number of carbonyl (C=O) groups excluding carboxylic acids is 2. The van der Waals surface area contributed by atoms with E-state index in [1.54, 1.807) is 12.1 Å². The number of nitrogens with zero attached hydrogens (tertiary/aromatic N) is 2. The maximum Gasteiger partial charge on any atom is 0.233 e. The Morgan fingerprint density at radius 2 is 1.74 bits per heavy atom.